The summed E-state index contributed by atoms with van der Waals surface area (Å²) < 4.78 is 0. The Balaban J connectivity index is 1.94. The SMILES string of the molecule is CN(C)C1CCN(c2nc3c(cc2C(=N)N)CCC3)C1. The number of aryl methyl sites for hydroxylation is 2. The third kappa shape index (κ3) is 2.26. The van der Waals surface area contributed by atoms with Crippen molar-refractivity contribution < 1.29 is 0 Å². The first kappa shape index (κ1) is 13.4. The van der Waals surface area contributed by atoms with Gasteiger partial charge in [0.05, 0.1) is 5.56 Å². The Morgan fingerprint density at radius 2 is 2.25 bits per heavy atom. The maximum Gasteiger partial charge on any atom is 0.139 e. The van der Waals surface area contributed by atoms with E-state index in [2.05, 4.69) is 30.0 Å². The van der Waals surface area contributed by atoms with Crippen LogP contribution in [0.25, 0.3) is 0 Å². The normalized spacial score (nSPS) is 21.6. The zero-order valence-corrected chi connectivity index (χ0v) is 12.3. The minimum absolute atomic E-state index is 0.135. The number of anilines is 1. The van der Waals surface area contributed by atoms with Crippen molar-refractivity contribution in [1.82, 2.24) is 9.88 Å². The maximum atomic E-state index is 7.84. The van der Waals surface area contributed by atoms with Gasteiger partial charge in [-0.2, -0.15) is 0 Å². The van der Waals surface area contributed by atoms with Crippen molar-refractivity contribution in [2.24, 2.45) is 5.73 Å². The van der Waals surface area contributed by atoms with E-state index in [9.17, 15) is 0 Å². The van der Waals surface area contributed by atoms with Gasteiger partial charge >= 0.3 is 0 Å². The molecule has 1 aromatic rings. The molecular weight excluding hydrogens is 250 g/mol. The molecule has 1 aliphatic carbocycles. The fourth-order valence-corrected chi connectivity index (χ4v) is 3.26. The number of amidine groups is 1. The summed E-state index contributed by atoms with van der Waals surface area (Å²) in [5.41, 5.74) is 9.07. The number of hydrogen-bond donors (Lipinski definition) is 2. The van der Waals surface area contributed by atoms with E-state index in [0.29, 0.717) is 6.04 Å². The van der Waals surface area contributed by atoms with E-state index in [0.717, 1.165) is 43.7 Å². The summed E-state index contributed by atoms with van der Waals surface area (Å²) in [6.07, 6.45) is 4.45. The Morgan fingerprint density at radius 1 is 1.45 bits per heavy atom. The molecule has 0 aromatic carbocycles. The van der Waals surface area contributed by atoms with Crippen LogP contribution in [0.3, 0.4) is 0 Å². The summed E-state index contributed by atoms with van der Waals surface area (Å²) >= 11 is 0. The number of nitrogens with two attached hydrogens (primary N) is 1. The monoisotopic (exact) mass is 273 g/mol. The predicted octanol–water partition coefficient (Wildman–Crippen LogP) is 0.995. The van der Waals surface area contributed by atoms with E-state index >= 15 is 0 Å². The van der Waals surface area contributed by atoms with Crippen LogP contribution in [0.4, 0.5) is 5.82 Å². The lowest BCUT2D eigenvalue weighted by Crippen LogP contribution is -2.32. The number of likely N-dealkylation sites (N-methyl/N-ethyl adjacent to an activating group) is 1. The van der Waals surface area contributed by atoms with E-state index in [1.807, 2.05) is 0 Å². The van der Waals surface area contributed by atoms with E-state index in [1.165, 1.54) is 17.7 Å². The largest absolute Gasteiger partial charge is 0.384 e. The van der Waals surface area contributed by atoms with Crippen LogP contribution >= 0.6 is 0 Å². The van der Waals surface area contributed by atoms with E-state index in [4.69, 9.17) is 16.1 Å². The number of aromatic nitrogens is 1. The lowest BCUT2D eigenvalue weighted by molar-refractivity contribution is 0.315. The summed E-state index contributed by atoms with van der Waals surface area (Å²) in [7, 11) is 4.24. The second kappa shape index (κ2) is 5.05. The van der Waals surface area contributed by atoms with Crippen LogP contribution in [0, 0.1) is 5.41 Å². The molecule has 3 rings (SSSR count). The zero-order chi connectivity index (χ0) is 14.3. The fourth-order valence-electron chi connectivity index (χ4n) is 3.26. The van der Waals surface area contributed by atoms with Gasteiger partial charge in [0.15, 0.2) is 0 Å². The number of nitrogen functional groups attached to an aromatic ring is 1. The Hall–Kier alpha value is -1.62. The molecule has 5 nitrogen and oxygen atoms in total. The Labute approximate surface area is 120 Å². The molecule has 1 aliphatic heterocycles. The first-order chi connectivity index (χ1) is 9.56. The van der Waals surface area contributed by atoms with Crippen molar-refractivity contribution in [2.45, 2.75) is 31.7 Å². The van der Waals surface area contributed by atoms with Crippen LogP contribution in [-0.4, -0.2) is 48.9 Å². The molecule has 1 unspecified atom stereocenters. The fraction of sp³-hybridized carbons (Fsp3) is 0.600. The van der Waals surface area contributed by atoms with E-state index < -0.39 is 0 Å². The van der Waals surface area contributed by atoms with Crippen LogP contribution in [-0.2, 0) is 12.8 Å². The van der Waals surface area contributed by atoms with Gasteiger partial charge in [0.25, 0.3) is 0 Å². The van der Waals surface area contributed by atoms with Gasteiger partial charge in [-0.3, -0.25) is 5.41 Å². The lowest BCUT2D eigenvalue weighted by atomic mass is 10.1. The molecule has 2 aliphatic rings. The summed E-state index contributed by atoms with van der Waals surface area (Å²) in [5, 5.41) is 7.84. The molecule has 1 aromatic heterocycles. The Bertz CT molecular complexity index is 537. The molecule has 0 radical (unpaired) electrons. The van der Waals surface area contributed by atoms with Crippen LogP contribution in [0.5, 0.6) is 0 Å². The van der Waals surface area contributed by atoms with Gasteiger partial charge in [-0.05, 0) is 51.4 Å². The van der Waals surface area contributed by atoms with Crippen LogP contribution < -0.4 is 10.6 Å². The third-order valence-corrected chi connectivity index (χ3v) is 4.51. The highest BCUT2D eigenvalue weighted by Crippen LogP contribution is 2.29. The molecule has 3 N–H and O–H groups in total. The van der Waals surface area contributed by atoms with E-state index in [1.54, 1.807) is 0 Å². The van der Waals surface area contributed by atoms with Gasteiger partial charge in [0, 0.05) is 24.8 Å². The van der Waals surface area contributed by atoms with Crippen LogP contribution in [0.1, 0.15) is 29.7 Å². The molecule has 108 valence electrons. The summed E-state index contributed by atoms with van der Waals surface area (Å²) in [5.74, 6) is 1.05. The van der Waals surface area contributed by atoms with Crippen molar-refractivity contribution in [3.05, 3.63) is 22.9 Å². The maximum absolute atomic E-state index is 7.84. The summed E-state index contributed by atoms with van der Waals surface area (Å²) in [4.78, 5) is 9.39. The lowest BCUT2D eigenvalue weighted by Gasteiger charge is -2.23. The molecule has 2 heterocycles. The molecule has 1 atom stereocenters. The molecule has 0 spiro atoms. The number of nitrogens with one attached hydrogen (secondary N) is 1. The van der Waals surface area contributed by atoms with Crippen molar-refractivity contribution >= 4 is 11.7 Å². The van der Waals surface area contributed by atoms with Crippen molar-refractivity contribution in [3.63, 3.8) is 0 Å². The Morgan fingerprint density at radius 3 is 2.90 bits per heavy atom. The van der Waals surface area contributed by atoms with Crippen LogP contribution in [0.2, 0.25) is 0 Å². The minimum atomic E-state index is 0.135. The van der Waals surface area contributed by atoms with Gasteiger partial charge in [0.1, 0.15) is 11.7 Å². The van der Waals surface area contributed by atoms with Gasteiger partial charge in [-0.15, -0.1) is 0 Å². The molecular formula is C15H23N5. The predicted molar refractivity (Wildman–Crippen MR) is 81.6 cm³/mol. The highest BCUT2D eigenvalue weighted by atomic mass is 15.3. The van der Waals surface area contributed by atoms with Crippen LogP contribution in [0.15, 0.2) is 6.07 Å². The first-order valence-electron chi connectivity index (χ1n) is 7.35. The van der Waals surface area contributed by atoms with Gasteiger partial charge < -0.3 is 15.5 Å². The number of hydrogen-bond acceptors (Lipinski definition) is 4. The average Bonchev–Trinajstić information content (AvgIpc) is 3.05. The topological polar surface area (TPSA) is 69.2 Å². The standard InChI is InChI=1S/C15H23N5/c1-19(2)11-6-7-20(9-11)15-12(14(16)17)8-10-4-3-5-13(10)18-15/h8,11H,3-7,9H2,1-2H3,(H3,16,17). The molecule has 20 heavy (non-hydrogen) atoms. The second-order valence-corrected chi connectivity index (χ2v) is 6.08. The van der Waals surface area contributed by atoms with Gasteiger partial charge in [-0.25, -0.2) is 4.98 Å². The molecule has 1 fully saturated rings. The number of pyridine rings is 1. The number of rotatable bonds is 3. The van der Waals surface area contributed by atoms with E-state index in [-0.39, 0.29) is 5.84 Å². The zero-order valence-electron chi connectivity index (χ0n) is 12.3. The van der Waals surface area contributed by atoms with Crippen molar-refractivity contribution in [3.8, 4) is 0 Å². The average molecular weight is 273 g/mol. The molecule has 0 amide bonds. The third-order valence-electron chi connectivity index (χ3n) is 4.51. The minimum Gasteiger partial charge on any atom is -0.384 e. The van der Waals surface area contributed by atoms with Crippen molar-refractivity contribution in [1.29, 1.82) is 5.41 Å². The molecule has 0 bridgehead atoms. The van der Waals surface area contributed by atoms with Crippen molar-refractivity contribution in [2.75, 3.05) is 32.1 Å². The smallest absolute Gasteiger partial charge is 0.139 e. The summed E-state index contributed by atoms with van der Waals surface area (Å²) in [6, 6.07) is 2.65. The number of nitrogens with zero attached hydrogens (tertiary/aromatic N) is 3. The second-order valence-electron chi connectivity index (χ2n) is 6.08. The van der Waals surface area contributed by atoms with Gasteiger partial charge in [-0.1, -0.05) is 0 Å². The molecule has 5 heteroatoms. The Kier molecular flexibility index (Phi) is 3.38. The highest BCUT2D eigenvalue weighted by molar-refractivity contribution is 6.00. The molecule has 1 saturated heterocycles. The molecule has 0 saturated carbocycles. The number of fused-ring (bicyclic) bond motifs is 1. The first-order valence-corrected chi connectivity index (χ1v) is 7.35. The quantitative estimate of drug-likeness (QED) is 0.636. The highest BCUT2D eigenvalue weighted by Gasteiger charge is 2.28. The van der Waals surface area contributed by atoms with Gasteiger partial charge in [0.2, 0.25) is 0 Å². The summed E-state index contributed by atoms with van der Waals surface area (Å²) in [6.45, 7) is 1.97.